The van der Waals surface area contributed by atoms with Crippen LogP contribution in [0.3, 0.4) is 0 Å². The number of benzene rings is 2. The van der Waals surface area contributed by atoms with Crippen molar-refractivity contribution in [1.82, 2.24) is 4.72 Å². The van der Waals surface area contributed by atoms with Crippen LogP contribution in [0.4, 0.5) is 5.69 Å². The van der Waals surface area contributed by atoms with Crippen LogP contribution in [0.2, 0.25) is 0 Å². The topological polar surface area (TPSA) is 75.7 Å². The van der Waals surface area contributed by atoms with Crippen molar-refractivity contribution in [3.05, 3.63) is 65.2 Å². The van der Waals surface area contributed by atoms with E-state index >= 15 is 0 Å². The number of amides is 1. The summed E-state index contributed by atoms with van der Waals surface area (Å²) in [5.74, 6) is 1.52. The molecule has 2 aromatic carbocycles. The summed E-state index contributed by atoms with van der Waals surface area (Å²) in [6.45, 7) is 2.29. The highest BCUT2D eigenvalue weighted by Crippen LogP contribution is 2.46. The number of nitrogens with one attached hydrogen (secondary N) is 1. The van der Waals surface area contributed by atoms with Crippen molar-refractivity contribution in [2.24, 2.45) is 11.8 Å². The van der Waals surface area contributed by atoms with Gasteiger partial charge in [-0.15, -0.1) is 0 Å². The van der Waals surface area contributed by atoms with Gasteiger partial charge < -0.3 is 9.64 Å². The van der Waals surface area contributed by atoms with Crippen LogP contribution in [0.1, 0.15) is 72.9 Å². The molecule has 1 amide bonds. The quantitative estimate of drug-likeness (QED) is 0.511. The van der Waals surface area contributed by atoms with Crippen molar-refractivity contribution in [3.63, 3.8) is 0 Å². The molecule has 1 fully saturated rings. The lowest BCUT2D eigenvalue weighted by atomic mass is 9.70. The lowest BCUT2D eigenvalue weighted by Crippen LogP contribution is -2.47. The first-order valence-corrected chi connectivity index (χ1v) is 15.4. The van der Waals surface area contributed by atoms with Crippen LogP contribution in [0.5, 0.6) is 5.75 Å². The minimum absolute atomic E-state index is 0.0135. The lowest BCUT2D eigenvalue weighted by Gasteiger charge is -2.44. The number of sulfonamides is 1. The molecule has 0 saturated heterocycles. The second-order valence-electron chi connectivity index (χ2n) is 11.4. The predicted octanol–water partition coefficient (Wildman–Crippen LogP) is 5.29. The maximum Gasteiger partial charge on any atom is 0.264 e. The van der Waals surface area contributed by atoms with Crippen LogP contribution in [0, 0.1) is 11.8 Å². The number of rotatable bonds is 0. The molecule has 1 spiro atoms. The number of carbonyl (C=O) groups excluding carboxylic acids is 1. The van der Waals surface area contributed by atoms with E-state index in [0.717, 1.165) is 50.2 Å². The van der Waals surface area contributed by atoms with E-state index in [1.807, 2.05) is 12.1 Å². The zero-order valence-electron chi connectivity index (χ0n) is 21.3. The lowest BCUT2D eigenvalue weighted by molar-refractivity contribution is 0.0981. The Hall–Kier alpha value is -2.80. The summed E-state index contributed by atoms with van der Waals surface area (Å²) >= 11 is 0. The Bertz CT molecular complexity index is 1320. The highest BCUT2D eigenvalue weighted by Gasteiger charge is 2.42. The normalized spacial score (nSPS) is 29.2. The molecule has 196 valence electrons. The van der Waals surface area contributed by atoms with Gasteiger partial charge in [-0.25, -0.2) is 13.1 Å². The van der Waals surface area contributed by atoms with E-state index in [9.17, 15) is 13.2 Å². The number of fused-ring (bicyclic) bond motifs is 4. The third-order valence-electron chi connectivity index (χ3n) is 8.91. The number of carbonyl (C=O) groups is 1. The fourth-order valence-electron chi connectivity index (χ4n) is 6.68. The van der Waals surface area contributed by atoms with Crippen molar-refractivity contribution in [1.29, 1.82) is 0 Å². The van der Waals surface area contributed by atoms with Gasteiger partial charge in [-0.05, 0) is 66.8 Å². The summed E-state index contributed by atoms with van der Waals surface area (Å²) in [7, 11) is -3.67. The summed E-state index contributed by atoms with van der Waals surface area (Å²) in [5.41, 5.74) is 3.62. The van der Waals surface area contributed by atoms with Gasteiger partial charge in [0.05, 0.1) is 23.5 Å². The molecule has 2 aromatic rings. The maximum absolute atomic E-state index is 13.0. The van der Waals surface area contributed by atoms with E-state index in [1.165, 1.54) is 30.4 Å². The number of hydrogen-bond donors (Lipinski definition) is 1. The first kappa shape index (κ1) is 24.5. The highest BCUT2D eigenvalue weighted by molar-refractivity contribution is 7.90. The maximum atomic E-state index is 13.0. The van der Waals surface area contributed by atoms with Crippen LogP contribution in [0.15, 0.2) is 48.5 Å². The molecule has 2 bridgehead atoms. The van der Waals surface area contributed by atoms with Crippen LogP contribution in [0.25, 0.3) is 6.08 Å². The minimum Gasteiger partial charge on any atom is -0.490 e. The van der Waals surface area contributed by atoms with Crippen molar-refractivity contribution in [2.45, 2.75) is 56.8 Å². The summed E-state index contributed by atoms with van der Waals surface area (Å²) in [5, 5.41) is 0. The predicted molar refractivity (Wildman–Crippen MR) is 146 cm³/mol. The second kappa shape index (κ2) is 9.82. The molecule has 6 nitrogen and oxygen atoms in total. The molecule has 1 N–H and O–H groups in total. The Morgan fingerprint density at radius 2 is 1.81 bits per heavy atom. The molecule has 2 heterocycles. The monoisotopic (exact) mass is 520 g/mol. The number of allylic oxidation sites excluding steroid dienone is 1. The molecule has 0 radical (unpaired) electrons. The third-order valence-corrected chi connectivity index (χ3v) is 10.2. The SMILES string of the molecule is O=C1NS(=O)(=O)CCCCCCC2CCC2CN2CC3(CC=Cc4ccccc43)COc3ccc1cc32. The van der Waals surface area contributed by atoms with E-state index in [2.05, 4.69) is 46.0 Å². The molecular formula is C30H36N2O4S. The number of anilines is 1. The van der Waals surface area contributed by atoms with E-state index in [-0.39, 0.29) is 11.2 Å². The molecule has 2 aliphatic heterocycles. The van der Waals surface area contributed by atoms with Crippen molar-refractivity contribution in [2.75, 3.05) is 30.3 Å². The van der Waals surface area contributed by atoms with E-state index in [4.69, 9.17) is 4.74 Å². The highest BCUT2D eigenvalue weighted by atomic mass is 32.2. The molecule has 3 atom stereocenters. The standard InChI is InChI=1S/C30H36N2O4S/c33-29-24-14-15-28-27(18-24)32(20-30(21-36-28)16-7-10-23-9-4-5-11-26(23)30)19-25-13-12-22(25)8-3-1-2-6-17-37(34,35)31-29/h4-5,7,9-11,14-15,18,22,25H,1-3,6,8,12-13,16-17,19-21H2,(H,31,33). The summed E-state index contributed by atoms with van der Waals surface area (Å²) in [6.07, 6.45) is 12.7. The van der Waals surface area contributed by atoms with Crippen LogP contribution < -0.4 is 14.4 Å². The number of nitrogens with zero attached hydrogens (tertiary/aromatic N) is 1. The van der Waals surface area contributed by atoms with Gasteiger partial charge in [0.2, 0.25) is 10.0 Å². The first-order valence-electron chi connectivity index (χ1n) is 13.8. The fourth-order valence-corrected chi connectivity index (χ4v) is 7.77. The van der Waals surface area contributed by atoms with Gasteiger partial charge in [0.15, 0.2) is 0 Å². The van der Waals surface area contributed by atoms with Gasteiger partial charge in [0.25, 0.3) is 5.91 Å². The van der Waals surface area contributed by atoms with Crippen molar-refractivity contribution < 1.29 is 17.9 Å². The molecule has 2 aliphatic carbocycles. The molecular weight excluding hydrogens is 484 g/mol. The Morgan fingerprint density at radius 3 is 2.68 bits per heavy atom. The van der Waals surface area contributed by atoms with Gasteiger partial charge in [-0.1, -0.05) is 62.1 Å². The minimum atomic E-state index is -3.67. The first-order chi connectivity index (χ1) is 17.9. The zero-order valence-corrected chi connectivity index (χ0v) is 22.1. The molecule has 4 aliphatic rings. The van der Waals surface area contributed by atoms with Gasteiger partial charge in [-0.3, -0.25) is 4.79 Å². The Labute approximate surface area is 220 Å². The van der Waals surface area contributed by atoms with Crippen LogP contribution in [-0.4, -0.2) is 39.8 Å². The van der Waals surface area contributed by atoms with Gasteiger partial charge in [0.1, 0.15) is 5.75 Å². The van der Waals surface area contributed by atoms with Gasteiger partial charge >= 0.3 is 0 Å². The zero-order chi connectivity index (χ0) is 25.5. The molecule has 37 heavy (non-hydrogen) atoms. The molecule has 3 unspecified atom stereocenters. The van der Waals surface area contributed by atoms with E-state index in [1.54, 1.807) is 6.07 Å². The van der Waals surface area contributed by atoms with Crippen LogP contribution >= 0.6 is 0 Å². The molecule has 7 heteroatoms. The average Bonchev–Trinajstić information content (AvgIpc) is 3.02. The van der Waals surface area contributed by atoms with E-state index in [0.29, 0.717) is 30.4 Å². The summed E-state index contributed by atoms with van der Waals surface area (Å²) in [4.78, 5) is 15.5. The fraction of sp³-hybridized carbons (Fsp3) is 0.500. The van der Waals surface area contributed by atoms with Gasteiger partial charge in [-0.2, -0.15) is 0 Å². The third kappa shape index (κ3) is 4.90. The largest absolute Gasteiger partial charge is 0.490 e. The van der Waals surface area contributed by atoms with E-state index < -0.39 is 15.9 Å². The summed E-state index contributed by atoms with van der Waals surface area (Å²) < 4.78 is 33.9. The molecule has 1 saturated carbocycles. The Kier molecular flexibility index (Phi) is 6.51. The molecule has 0 aromatic heterocycles. The van der Waals surface area contributed by atoms with Crippen molar-refractivity contribution in [3.8, 4) is 5.75 Å². The smallest absolute Gasteiger partial charge is 0.264 e. The molecule has 6 rings (SSSR count). The van der Waals surface area contributed by atoms with Gasteiger partial charge in [0, 0.05) is 18.7 Å². The van der Waals surface area contributed by atoms with Crippen molar-refractivity contribution >= 4 is 27.7 Å². The average molecular weight is 521 g/mol. The Morgan fingerprint density at radius 1 is 0.973 bits per heavy atom. The number of hydrogen-bond acceptors (Lipinski definition) is 5. The number of ether oxygens (including phenoxy) is 1. The van der Waals surface area contributed by atoms with Crippen LogP contribution in [-0.2, 0) is 15.4 Å². The Balaban J connectivity index is 1.39. The summed E-state index contributed by atoms with van der Waals surface area (Å²) in [6, 6.07) is 14.0. The second-order valence-corrected chi connectivity index (χ2v) is 13.2.